The molecule has 0 unspecified atom stereocenters. The number of rotatable bonds is 6. The molecule has 1 N–H and O–H groups in total. The minimum atomic E-state index is -0.107. The van der Waals surface area contributed by atoms with E-state index in [2.05, 4.69) is 22.0 Å². The molecule has 2 aromatic heterocycles. The topological polar surface area (TPSA) is 63.0 Å². The third-order valence-electron chi connectivity index (χ3n) is 4.71. The van der Waals surface area contributed by atoms with Crippen LogP contribution in [0.5, 0.6) is 0 Å². The number of nitrogens with one attached hydrogen (secondary N) is 1. The summed E-state index contributed by atoms with van der Waals surface area (Å²) < 4.78 is 2.60. The Labute approximate surface area is 177 Å². The maximum atomic E-state index is 13.2. The highest BCUT2D eigenvalue weighted by molar-refractivity contribution is 7.20. The number of aromatic amines is 1. The van der Waals surface area contributed by atoms with Crippen LogP contribution in [0, 0.1) is 0 Å². The second-order valence-corrected chi connectivity index (χ2v) is 8.29. The fourth-order valence-corrected chi connectivity index (χ4v) is 4.31. The number of aliphatic imine (C=N–C) groups is 1. The van der Waals surface area contributed by atoms with E-state index >= 15 is 0 Å². The van der Waals surface area contributed by atoms with Gasteiger partial charge in [-0.15, -0.1) is 0 Å². The number of aromatic nitrogens is 3. The summed E-state index contributed by atoms with van der Waals surface area (Å²) in [6, 6.07) is 15.5. The van der Waals surface area contributed by atoms with E-state index in [1.165, 1.54) is 11.3 Å². The minimum absolute atomic E-state index is 0.107. The second kappa shape index (κ2) is 8.35. The number of hydrogen-bond acceptors (Lipinski definition) is 4. The molecule has 0 spiro atoms. The molecule has 0 amide bonds. The van der Waals surface area contributed by atoms with E-state index < -0.39 is 0 Å². The zero-order valence-corrected chi connectivity index (χ0v) is 17.8. The van der Waals surface area contributed by atoms with Crippen LogP contribution in [-0.4, -0.2) is 20.5 Å². The first kappa shape index (κ1) is 19.6. The molecule has 0 saturated carbocycles. The van der Waals surface area contributed by atoms with Crippen molar-refractivity contribution in [2.24, 2.45) is 4.99 Å². The summed E-state index contributed by atoms with van der Waals surface area (Å²) in [6.07, 6.45) is 1.70. The Morgan fingerprint density at radius 1 is 1.21 bits per heavy atom. The van der Waals surface area contributed by atoms with Gasteiger partial charge >= 0.3 is 0 Å². The molecule has 0 aliphatic carbocycles. The zero-order chi connectivity index (χ0) is 20.4. The first-order valence-corrected chi connectivity index (χ1v) is 10.7. The van der Waals surface area contributed by atoms with Crippen LogP contribution >= 0.6 is 22.9 Å². The fourth-order valence-electron chi connectivity index (χ4n) is 3.26. The molecule has 4 rings (SSSR count). The van der Waals surface area contributed by atoms with Crippen molar-refractivity contribution < 1.29 is 0 Å². The first-order chi connectivity index (χ1) is 14.1. The highest BCUT2D eigenvalue weighted by atomic mass is 35.5. The fraction of sp³-hybridized carbons (Fsp3) is 0.227. The largest absolute Gasteiger partial charge is 0.292 e. The molecule has 0 atom stereocenters. The van der Waals surface area contributed by atoms with Crippen LogP contribution in [0.1, 0.15) is 37.1 Å². The maximum Gasteiger partial charge on any atom is 0.282 e. The molecule has 4 aromatic rings. The number of benzene rings is 2. The van der Waals surface area contributed by atoms with Crippen molar-refractivity contribution in [1.29, 1.82) is 0 Å². The Kier molecular flexibility index (Phi) is 5.65. The van der Waals surface area contributed by atoms with Gasteiger partial charge in [-0.1, -0.05) is 60.5 Å². The standard InChI is InChI=1S/C22H21ClN4OS/c1-3-6-18-20(14(2)24-13-15-9-11-16(23)12-10-15)21(28)27(26-18)22-25-17-7-4-5-8-19(17)29-22/h4-5,7-12,26H,3,6,13H2,1-2H3. The van der Waals surface area contributed by atoms with Crippen molar-refractivity contribution in [2.45, 2.75) is 33.2 Å². The SMILES string of the molecule is CCCc1[nH]n(-c2nc3ccccc3s2)c(=O)c1C(C)=NCc1ccc(Cl)cc1. The van der Waals surface area contributed by atoms with E-state index in [-0.39, 0.29) is 5.56 Å². The minimum Gasteiger partial charge on any atom is -0.292 e. The number of nitrogens with zero attached hydrogens (tertiary/aromatic N) is 3. The molecule has 0 saturated heterocycles. The predicted molar refractivity (Wildman–Crippen MR) is 121 cm³/mol. The molecule has 0 aliphatic heterocycles. The zero-order valence-electron chi connectivity index (χ0n) is 16.3. The van der Waals surface area contributed by atoms with Gasteiger partial charge in [0, 0.05) is 16.4 Å². The van der Waals surface area contributed by atoms with Crippen LogP contribution in [0.15, 0.2) is 58.3 Å². The van der Waals surface area contributed by atoms with Crippen LogP contribution in [0.2, 0.25) is 5.02 Å². The van der Waals surface area contributed by atoms with Gasteiger partial charge in [-0.25, -0.2) is 4.98 Å². The Morgan fingerprint density at radius 3 is 2.69 bits per heavy atom. The molecule has 29 heavy (non-hydrogen) atoms. The number of thiazole rings is 1. The van der Waals surface area contributed by atoms with Gasteiger partial charge in [0.05, 0.1) is 22.3 Å². The first-order valence-electron chi connectivity index (χ1n) is 9.52. The third kappa shape index (κ3) is 4.04. The average molecular weight is 425 g/mol. The number of aryl methyl sites for hydroxylation is 1. The molecule has 0 aliphatic rings. The summed E-state index contributed by atoms with van der Waals surface area (Å²) in [6.45, 7) is 4.49. The number of halogens is 1. The summed E-state index contributed by atoms with van der Waals surface area (Å²) in [5, 5.41) is 4.61. The van der Waals surface area contributed by atoms with Gasteiger partial charge in [0.1, 0.15) is 0 Å². The molecule has 0 radical (unpaired) electrons. The second-order valence-electron chi connectivity index (χ2n) is 6.85. The lowest BCUT2D eigenvalue weighted by molar-refractivity contribution is 0.790. The number of hydrogen-bond donors (Lipinski definition) is 1. The van der Waals surface area contributed by atoms with Crippen molar-refractivity contribution >= 4 is 38.9 Å². The predicted octanol–water partition coefficient (Wildman–Crippen LogP) is 5.39. The summed E-state index contributed by atoms with van der Waals surface area (Å²) in [5.41, 5.74) is 4.09. The van der Waals surface area contributed by atoms with Crippen molar-refractivity contribution in [3.05, 3.63) is 80.7 Å². The Morgan fingerprint density at radius 2 is 1.97 bits per heavy atom. The number of fused-ring (bicyclic) bond motifs is 1. The van der Waals surface area contributed by atoms with Gasteiger partial charge < -0.3 is 0 Å². The van der Waals surface area contributed by atoms with Crippen LogP contribution in [0.3, 0.4) is 0 Å². The molecule has 0 fully saturated rings. The number of para-hydroxylation sites is 1. The lowest BCUT2D eigenvalue weighted by Gasteiger charge is -2.02. The van der Waals surface area contributed by atoms with E-state index in [1.54, 1.807) is 4.68 Å². The smallest absolute Gasteiger partial charge is 0.282 e. The summed E-state index contributed by atoms with van der Waals surface area (Å²) in [5.74, 6) is 0. The Balaban J connectivity index is 1.73. The lowest BCUT2D eigenvalue weighted by Crippen LogP contribution is -2.19. The summed E-state index contributed by atoms with van der Waals surface area (Å²) >= 11 is 7.44. The monoisotopic (exact) mass is 424 g/mol. The van der Waals surface area contributed by atoms with Gasteiger partial charge in [0.25, 0.3) is 5.56 Å². The summed E-state index contributed by atoms with van der Waals surface area (Å²) in [4.78, 5) is 22.5. The molecule has 5 nitrogen and oxygen atoms in total. The van der Waals surface area contributed by atoms with Crippen molar-refractivity contribution in [2.75, 3.05) is 0 Å². The van der Waals surface area contributed by atoms with Gasteiger partial charge in [-0.2, -0.15) is 4.68 Å². The van der Waals surface area contributed by atoms with Gasteiger partial charge in [0.2, 0.25) is 5.13 Å². The quantitative estimate of drug-likeness (QED) is 0.422. The normalized spacial score (nSPS) is 12.0. The average Bonchev–Trinajstić information content (AvgIpc) is 3.28. The Hall–Kier alpha value is -2.70. The summed E-state index contributed by atoms with van der Waals surface area (Å²) in [7, 11) is 0. The van der Waals surface area contributed by atoms with E-state index in [9.17, 15) is 4.79 Å². The van der Waals surface area contributed by atoms with Crippen molar-refractivity contribution in [3.63, 3.8) is 0 Å². The van der Waals surface area contributed by atoms with Crippen LogP contribution < -0.4 is 5.56 Å². The van der Waals surface area contributed by atoms with Gasteiger partial charge in [-0.05, 0) is 43.2 Å². The molecule has 2 aromatic carbocycles. The molecule has 148 valence electrons. The highest BCUT2D eigenvalue weighted by Crippen LogP contribution is 2.24. The van der Waals surface area contributed by atoms with Crippen molar-refractivity contribution in [3.8, 4) is 5.13 Å². The van der Waals surface area contributed by atoms with E-state index in [4.69, 9.17) is 11.6 Å². The highest BCUT2D eigenvalue weighted by Gasteiger charge is 2.19. The van der Waals surface area contributed by atoms with Crippen LogP contribution in [0.4, 0.5) is 0 Å². The molecular weight excluding hydrogens is 404 g/mol. The van der Waals surface area contributed by atoms with Crippen LogP contribution in [-0.2, 0) is 13.0 Å². The number of H-pyrrole nitrogens is 1. The van der Waals surface area contributed by atoms with E-state index in [0.717, 1.165) is 40.0 Å². The third-order valence-corrected chi connectivity index (χ3v) is 5.99. The van der Waals surface area contributed by atoms with E-state index in [1.807, 2.05) is 55.5 Å². The molecular formula is C22H21ClN4OS. The Bertz CT molecular complexity index is 1200. The van der Waals surface area contributed by atoms with Gasteiger partial charge in [0.15, 0.2) is 0 Å². The van der Waals surface area contributed by atoms with Gasteiger partial charge in [-0.3, -0.25) is 14.9 Å². The molecule has 7 heteroatoms. The lowest BCUT2D eigenvalue weighted by atomic mass is 10.1. The van der Waals surface area contributed by atoms with E-state index in [0.29, 0.717) is 22.3 Å². The molecule has 2 heterocycles. The van der Waals surface area contributed by atoms with Crippen LogP contribution in [0.25, 0.3) is 15.3 Å². The maximum absolute atomic E-state index is 13.2. The molecule has 0 bridgehead atoms. The van der Waals surface area contributed by atoms with Crippen molar-refractivity contribution in [1.82, 2.24) is 14.8 Å².